The number of hydrogen-bond acceptors (Lipinski definition) is 3. The fraction of sp³-hybridized carbons (Fsp3) is 0.143. The van der Waals surface area contributed by atoms with Gasteiger partial charge in [-0.3, -0.25) is 9.78 Å². The van der Waals surface area contributed by atoms with Gasteiger partial charge < -0.3 is 10.1 Å². The van der Waals surface area contributed by atoms with Gasteiger partial charge in [-0.25, -0.2) is 8.78 Å². The summed E-state index contributed by atoms with van der Waals surface area (Å²) < 4.78 is 74.0. The number of benzene rings is 3. The van der Waals surface area contributed by atoms with Crippen molar-refractivity contribution in [2.75, 3.05) is 7.11 Å². The van der Waals surface area contributed by atoms with Crippen molar-refractivity contribution in [3.63, 3.8) is 0 Å². The van der Waals surface area contributed by atoms with Crippen LogP contribution in [0.5, 0.6) is 5.75 Å². The highest BCUT2D eigenvalue weighted by Crippen LogP contribution is 2.37. The second-order valence-corrected chi connectivity index (χ2v) is 8.89. The second-order valence-electron chi connectivity index (χ2n) is 8.46. The molecule has 4 nitrogen and oxygen atoms in total. The lowest BCUT2D eigenvalue weighted by molar-refractivity contribution is -0.140. The Kier molecular flexibility index (Phi) is 7.68. The number of rotatable bonds is 7. The number of nitrogens with zero attached hydrogens (tertiary/aromatic N) is 1. The van der Waals surface area contributed by atoms with Crippen molar-refractivity contribution in [2.45, 2.75) is 18.1 Å². The first-order valence-electron chi connectivity index (χ1n) is 11.2. The van der Waals surface area contributed by atoms with Crippen LogP contribution in [-0.4, -0.2) is 18.0 Å². The number of carbonyl (C=O) groups is 1. The summed E-state index contributed by atoms with van der Waals surface area (Å²) in [6, 6.07) is 17.6. The molecule has 3 aromatic carbocycles. The molecule has 0 spiro atoms. The van der Waals surface area contributed by atoms with E-state index in [0.29, 0.717) is 22.7 Å². The van der Waals surface area contributed by atoms with Crippen molar-refractivity contribution < 1.29 is 31.5 Å². The van der Waals surface area contributed by atoms with Crippen LogP contribution >= 0.6 is 11.6 Å². The highest BCUT2D eigenvalue weighted by Gasteiger charge is 2.40. The SMILES string of the molecule is COc1cc(F)cc([C@](Cc2ccccc2)(NC(=O)c2ccc(F)c(C(F)(F)F)c2)c2ccc(Cl)cn2)c1. The molecule has 1 atom stereocenters. The van der Waals surface area contributed by atoms with Crippen LogP contribution in [0.4, 0.5) is 22.0 Å². The first-order chi connectivity index (χ1) is 18.0. The molecule has 0 saturated carbocycles. The number of pyridine rings is 1. The number of alkyl halides is 3. The van der Waals surface area contributed by atoms with Gasteiger partial charge in [0.25, 0.3) is 5.91 Å². The molecular weight excluding hydrogens is 527 g/mol. The number of aromatic nitrogens is 1. The van der Waals surface area contributed by atoms with Gasteiger partial charge in [0.2, 0.25) is 0 Å². The second kappa shape index (κ2) is 10.8. The van der Waals surface area contributed by atoms with Gasteiger partial charge in [-0.2, -0.15) is 13.2 Å². The Bertz CT molecular complexity index is 1450. The van der Waals surface area contributed by atoms with Crippen LogP contribution in [0.15, 0.2) is 85.1 Å². The smallest absolute Gasteiger partial charge is 0.419 e. The van der Waals surface area contributed by atoms with E-state index in [-0.39, 0.29) is 23.4 Å². The molecule has 0 saturated heterocycles. The topological polar surface area (TPSA) is 51.2 Å². The fourth-order valence-corrected chi connectivity index (χ4v) is 4.24. The van der Waals surface area contributed by atoms with Crippen LogP contribution in [0, 0.1) is 11.6 Å². The first-order valence-corrected chi connectivity index (χ1v) is 11.6. The molecule has 0 radical (unpaired) electrons. The monoisotopic (exact) mass is 546 g/mol. The summed E-state index contributed by atoms with van der Waals surface area (Å²) in [4.78, 5) is 17.9. The van der Waals surface area contributed by atoms with Gasteiger partial charge in [0.05, 0.1) is 23.4 Å². The van der Waals surface area contributed by atoms with Crippen molar-refractivity contribution in [1.29, 1.82) is 0 Å². The third kappa shape index (κ3) is 5.78. The summed E-state index contributed by atoms with van der Waals surface area (Å²) >= 11 is 6.05. The number of ether oxygens (including phenoxy) is 1. The molecule has 10 heteroatoms. The van der Waals surface area contributed by atoms with Crippen LogP contribution in [0.2, 0.25) is 5.02 Å². The Morgan fingerprint density at radius 2 is 1.71 bits per heavy atom. The van der Waals surface area contributed by atoms with E-state index in [1.807, 2.05) is 0 Å². The summed E-state index contributed by atoms with van der Waals surface area (Å²) in [6.45, 7) is 0. The number of methoxy groups -OCH3 is 1. The molecule has 1 aromatic heterocycles. The number of hydrogen-bond donors (Lipinski definition) is 1. The van der Waals surface area contributed by atoms with Gasteiger partial charge >= 0.3 is 6.18 Å². The Labute approximate surface area is 220 Å². The van der Waals surface area contributed by atoms with E-state index in [1.54, 1.807) is 30.3 Å². The maximum atomic E-state index is 14.8. The summed E-state index contributed by atoms with van der Waals surface area (Å²) in [5.41, 5.74) is -2.51. The van der Waals surface area contributed by atoms with Gasteiger partial charge in [0.15, 0.2) is 0 Å². The number of nitrogens with one attached hydrogen (secondary N) is 1. The summed E-state index contributed by atoms with van der Waals surface area (Å²) in [5, 5.41) is 3.06. The zero-order valence-electron chi connectivity index (χ0n) is 19.8. The number of amides is 1. The number of halogens is 6. The van der Waals surface area contributed by atoms with E-state index in [4.69, 9.17) is 16.3 Å². The lowest BCUT2D eigenvalue weighted by atomic mass is 9.80. The summed E-state index contributed by atoms with van der Waals surface area (Å²) in [5.74, 6) is -3.02. The molecule has 0 fully saturated rings. The molecule has 1 heterocycles. The van der Waals surface area contributed by atoms with E-state index in [2.05, 4.69) is 10.3 Å². The minimum Gasteiger partial charge on any atom is -0.497 e. The molecular formula is C28H20ClF5N2O2. The van der Waals surface area contributed by atoms with E-state index >= 15 is 0 Å². The van der Waals surface area contributed by atoms with Crippen LogP contribution in [0.25, 0.3) is 0 Å². The molecule has 1 amide bonds. The van der Waals surface area contributed by atoms with Gasteiger partial charge in [-0.15, -0.1) is 0 Å². The predicted octanol–water partition coefficient (Wildman–Crippen LogP) is 6.96. The van der Waals surface area contributed by atoms with E-state index in [0.717, 1.165) is 12.1 Å². The minimum atomic E-state index is -5.02. The van der Waals surface area contributed by atoms with Crippen LogP contribution in [0.3, 0.4) is 0 Å². The molecule has 1 N–H and O–H groups in total. The predicted molar refractivity (Wildman–Crippen MR) is 132 cm³/mol. The largest absolute Gasteiger partial charge is 0.497 e. The molecule has 38 heavy (non-hydrogen) atoms. The Morgan fingerprint density at radius 1 is 0.974 bits per heavy atom. The zero-order valence-corrected chi connectivity index (χ0v) is 20.6. The quantitative estimate of drug-likeness (QED) is 0.255. The van der Waals surface area contributed by atoms with Crippen molar-refractivity contribution in [3.8, 4) is 5.75 Å². The molecule has 4 rings (SSSR count). The third-order valence-electron chi connectivity index (χ3n) is 5.94. The van der Waals surface area contributed by atoms with Gasteiger partial charge in [-0.05, 0) is 53.6 Å². The maximum Gasteiger partial charge on any atom is 0.419 e. The Morgan fingerprint density at radius 3 is 2.34 bits per heavy atom. The normalized spacial score (nSPS) is 13.0. The molecule has 0 bridgehead atoms. The lowest BCUT2D eigenvalue weighted by Crippen LogP contribution is -2.49. The molecule has 4 aromatic rings. The first kappa shape index (κ1) is 27.1. The molecule has 196 valence electrons. The van der Waals surface area contributed by atoms with Gasteiger partial charge in [0.1, 0.15) is 22.9 Å². The van der Waals surface area contributed by atoms with Crippen molar-refractivity contribution in [1.82, 2.24) is 10.3 Å². The zero-order chi connectivity index (χ0) is 27.5. The minimum absolute atomic E-state index is 0.0220. The standard InChI is InChI=1S/C28H20ClF5N2O2/c1-38-22-13-19(12-21(30)14-22)27(15-17-5-3-2-4-6-17,25-10-8-20(29)16-35-25)36-26(37)18-7-9-24(31)23(11-18)28(32,33)34/h2-14,16H,15H2,1H3,(H,36,37)/t27-/m0/s1. The van der Waals surface area contributed by atoms with Crippen molar-refractivity contribution in [2.24, 2.45) is 0 Å². The van der Waals surface area contributed by atoms with Gasteiger partial charge in [-0.1, -0.05) is 41.9 Å². The van der Waals surface area contributed by atoms with Crippen molar-refractivity contribution >= 4 is 17.5 Å². The van der Waals surface area contributed by atoms with E-state index in [1.165, 1.54) is 37.6 Å². The Balaban J connectivity index is 1.94. The summed E-state index contributed by atoms with van der Waals surface area (Å²) in [7, 11) is 1.34. The Hall–Kier alpha value is -3.98. The fourth-order valence-electron chi connectivity index (χ4n) is 4.13. The molecule has 0 aliphatic carbocycles. The summed E-state index contributed by atoms with van der Waals surface area (Å²) in [6.07, 6.45) is -3.66. The average molecular weight is 547 g/mol. The van der Waals surface area contributed by atoms with Gasteiger partial charge in [0, 0.05) is 24.2 Å². The number of carbonyl (C=O) groups excluding carboxylic acids is 1. The highest BCUT2D eigenvalue weighted by atomic mass is 35.5. The lowest BCUT2D eigenvalue weighted by Gasteiger charge is -2.36. The highest BCUT2D eigenvalue weighted by molar-refractivity contribution is 6.30. The molecule has 0 aliphatic heterocycles. The molecule has 0 aliphatic rings. The van der Waals surface area contributed by atoms with Crippen LogP contribution in [0.1, 0.15) is 32.7 Å². The van der Waals surface area contributed by atoms with E-state index < -0.39 is 40.4 Å². The van der Waals surface area contributed by atoms with E-state index in [9.17, 15) is 26.7 Å². The third-order valence-corrected chi connectivity index (χ3v) is 6.16. The van der Waals surface area contributed by atoms with Crippen molar-refractivity contribution in [3.05, 3.63) is 130 Å². The van der Waals surface area contributed by atoms with Crippen LogP contribution in [-0.2, 0) is 18.1 Å². The molecule has 0 unspecified atom stereocenters. The average Bonchev–Trinajstić information content (AvgIpc) is 2.88. The van der Waals surface area contributed by atoms with Crippen LogP contribution < -0.4 is 10.1 Å². The maximum absolute atomic E-state index is 14.8.